The quantitative estimate of drug-likeness (QED) is 0.445. The number of halogens is 4. The largest absolute Gasteiger partial charge is 0.389 e. The smallest absolute Gasteiger partial charge is 0.261 e. The molecule has 0 radical (unpaired) electrons. The number of aliphatic hydroxyl groups is 1. The van der Waals surface area contributed by atoms with Gasteiger partial charge in [-0.15, -0.1) is 0 Å². The van der Waals surface area contributed by atoms with Crippen molar-refractivity contribution >= 4 is 35.1 Å². The standard InChI is InChI=1S/C29H27ClF3N5O3/c1-14(39)15-6-7-22(34-9-15)38-13-29(2,19-4-3-5-20(30)24(19)32)23-18(28(38)41)10-35-26(25(23)33)36-16-11-37(12-16)27(40)17-8-21(17)31/h3-7,9-10,14,16-17,21,39H,8,11-13H2,1-2H3,(H,35,36)/t14-,17-,21+,29-/m1/s1. The Morgan fingerprint density at radius 1 is 1.17 bits per heavy atom. The molecular formula is C29H27ClF3N5O3. The molecule has 6 rings (SSSR count). The molecule has 2 aromatic heterocycles. The van der Waals surface area contributed by atoms with Gasteiger partial charge in [0, 0.05) is 48.6 Å². The van der Waals surface area contributed by atoms with Crippen LogP contribution >= 0.6 is 11.6 Å². The summed E-state index contributed by atoms with van der Waals surface area (Å²) in [6.45, 7) is 3.59. The Kier molecular flexibility index (Phi) is 6.69. The average molecular weight is 586 g/mol. The number of carbonyl (C=O) groups excluding carboxylic acids is 2. The van der Waals surface area contributed by atoms with Crippen LogP contribution in [0.4, 0.5) is 24.8 Å². The number of pyridine rings is 2. The minimum absolute atomic E-state index is 0.0384. The van der Waals surface area contributed by atoms with E-state index in [4.69, 9.17) is 11.6 Å². The lowest BCUT2D eigenvalue weighted by molar-refractivity contribution is -0.136. The van der Waals surface area contributed by atoms with Crippen molar-refractivity contribution in [3.8, 4) is 0 Å². The number of hydrogen-bond acceptors (Lipinski definition) is 6. The van der Waals surface area contributed by atoms with Crippen molar-refractivity contribution in [1.29, 1.82) is 0 Å². The van der Waals surface area contributed by atoms with E-state index >= 15 is 8.78 Å². The number of fused-ring (bicyclic) bond motifs is 1. The zero-order chi connectivity index (χ0) is 29.2. The first-order valence-corrected chi connectivity index (χ1v) is 13.7. The highest BCUT2D eigenvalue weighted by molar-refractivity contribution is 6.30. The molecule has 2 aliphatic heterocycles. The summed E-state index contributed by atoms with van der Waals surface area (Å²) in [6.07, 6.45) is 1.06. The number of benzene rings is 1. The van der Waals surface area contributed by atoms with Gasteiger partial charge >= 0.3 is 0 Å². The third-order valence-corrected chi connectivity index (χ3v) is 8.45. The van der Waals surface area contributed by atoms with Gasteiger partial charge in [0.2, 0.25) is 5.91 Å². The summed E-state index contributed by atoms with van der Waals surface area (Å²) in [6, 6.07) is 7.32. The van der Waals surface area contributed by atoms with Gasteiger partial charge in [-0.1, -0.05) is 29.8 Å². The molecule has 2 N–H and O–H groups in total. The van der Waals surface area contributed by atoms with E-state index in [0.29, 0.717) is 5.56 Å². The van der Waals surface area contributed by atoms with E-state index in [-0.39, 0.29) is 71.4 Å². The predicted molar refractivity (Wildman–Crippen MR) is 146 cm³/mol. The number of aromatic nitrogens is 2. The summed E-state index contributed by atoms with van der Waals surface area (Å²) >= 11 is 6.13. The third-order valence-electron chi connectivity index (χ3n) is 8.16. The lowest BCUT2D eigenvalue weighted by Crippen LogP contribution is -2.58. The van der Waals surface area contributed by atoms with Crippen molar-refractivity contribution in [2.75, 3.05) is 29.9 Å². The Morgan fingerprint density at radius 2 is 1.90 bits per heavy atom. The van der Waals surface area contributed by atoms with Crippen LogP contribution in [0.1, 0.15) is 53.4 Å². The number of likely N-dealkylation sites (tertiary alicyclic amines) is 1. The molecular weight excluding hydrogens is 559 g/mol. The van der Waals surface area contributed by atoms with Crippen LogP contribution in [-0.2, 0) is 10.2 Å². The molecule has 1 saturated heterocycles. The summed E-state index contributed by atoms with van der Waals surface area (Å²) in [7, 11) is 0. The molecule has 8 nitrogen and oxygen atoms in total. The molecule has 0 spiro atoms. The van der Waals surface area contributed by atoms with Gasteiger partial charge in [0.25, 0.3) is 5.91 Å². The predicted octanol–water partition coefficient (Wildman–Crippen LogP) is 4.41. The first-order valence-electron chi connectivity index (χ1n) is 13.3. The summed E-state index contributed by atoms with van der Waals surface area (Å²) in [5, 5.41) is 12.7. The topological polar surface area (TPSA) is 98.7 Å². The van der Waals surface area contributed by atoms with Gasteiger partial charge in [0.15, 0.2) is 11.6 Å². The highest BCUT2D eigenvalue weighted by atomic mass is 35.5. The average Bonchev–Trinajstić information content (AvgIpc) is 3.66. The van der Waals surface area contributed by atoms with Gasteiger partial charge in [-0.05, 0) is 38.0 Å². The monoisotopic (exact) mass is 585 g/mol. The third kappa shape index (κ3) is 4.61. The number of nitrogens with zero attached hydrogens (tertiary/aromatic N) is 4. The molecule has 12 heteroatoms. The number of amides is 2. The SMILES string of the molecule is C[C@@H](O)c1ccc(N2C[C@](C)(c3cccc(Cl)c3F)c3c(cnc(NC4CN(C(=O)[C@@H]5C[C@@H]5F)C4)c3F)C2=O)nc1. The van der Waals surface area contributed by atoms with E-state index in [1.165, 1.54) is 34.3 Å². The minimum Gasteiger partial charge on any atom is -0.389 e. The normalized spacial score (nSPS) is 24.5. The molecule has 2 fully saturated rings. The van der Waals surface area contributed by atoms with Crippen molar-refractivity contribution < 1.29 is 27.9 Å². The lowest BCUT2D eigenvalue weighted by Gasteiger charge is -2.43. The van der Waals surface area contributed by atoms with Crippen LogP contribution in [0.15, 0.2) is 42.7 Å². The molecule has 41 heavy (non-hydrogen) atoms. The number of carbonyl (C=O) groups is 2. The number of alkyl halides is 1. The highest BCUT2D eigenvalue weighted by Gasteiger charge is 2.49. The Bertz CT molecular complexity index is 1550. The Hall–Kier alpha value is -3.70. The maximum atomic E-state index is 16.4. The van der Waals surface area contributed by atoms with Crippen molar-refractivity contribution in [1.82, 2.24) is 14.9 Å². The fourth-order valence-corrected chi connectivity index (χ4v) is 5.81. The van der Waals surface area contributed by atoms with Crippen LogP contribution in [0.2, 0.25) is 5.02 Å². The van der Waals surface area contributed by atoms with Crippen LogP contribution < -0.4 is 10.2 Å². The molecule has 0 bridgehead atoms. The van der Waals surface area contributed by atoms with E-state index in [0.717, 1.165) is 0 Å². The van der Waals surface area contributed by atoms with E-state index in [9.17, 15) is 19.1 Å². The summed E-state index contributed by atoms with van der Waals surface area (Å²) in [4.78, 5) is 37.3. The molecule has 1 aromatic carbocycles. The second-order valence-electron chi connectivity index (χ2n) is 11.1. The summed E-state index contributed by atoms with van der Waals surface area (Å²) in [5.41, 5.74) is -0.871. The Labute approximate surface area is 239 Å². The molecule has 1 saturated carbocycles. The number of hydrogen-bond donors (Lipinski definition) is 2. The second-order valence-corrected chi connectivity index (χ2v) is 11.5. The summed E-state index contributed by atoms with van der Waals surface area (Å²) < 4.78 is 45.2. The number of nitrogens with one attached hydrogen (secondary N) is 1. The fraction of sp³-hybridized carbons (Fsp3) is 0.379. The first kappa shape index (κ1) is 27.5. The number of anilines is 2. The summed E-state index contributed by atoms with van der Waals surface area (Å²) in [5.74, 6) is -2.85. The van der Waals surface area contributed by atoms with Gasteiger partial charge in [0.1, 0.15) is 17.8 Å². The van der Waals surface area contributed by atoms with Gasteiger partial charge in [-0.25, -0.2) is 23.1 Å². The zero-order valence-corrected chi connectivity index (χ0v) is 23.0. The van der Waals surface area contributed by atoms with E-state index in [2.05, 4.69) is 15.3 Å². The van der Waals surface area contributed by atoms with Crippen LogP contribution in [0.25, 0.3) is 0 Å². The molecule has 2 amide bonds. The van der Waals surface area contributed by atoms with Gasteiger partial charge in [-0.3, -0.25) is 14.5 Å². The molecule has 4 heterocycles. The molecule has 3 aliphatic rings. The fourth-order valence-electron chi connectivity index (χ4n) is 5.64. The van der Waals surface area contributed by atoms with Crippen LogP contribution in [-0.4, -0.2) is 63.6 Å². The van der Waals surface area contributed by atoms with Gasteiger partial charge in [0.05, 0.1) is 28.6 Å². The van der Waals surface area contributed by atoms with Crippen molar-refractivity contribution in [2.24, 2.45) is 5.92 Å². The Balaban J connectivity index is 1.37. The van der Waals surface area contributed by atoms with Crippen molar-refractivity contribution in [2.45, 2.75) is 44.0 Å². The molecule has 1 aliphatic carbocycles. The number of rotatable bonds is 6. The molecule has 3 aromatic rings. The van der Waals surface area contributed by atoms with Gasteiger partial charge in [-0.2, -0.15) is 0 Å². The van der Waals surface area contributed by atoms with E-state index < -0.39 is 41.2 Å². The van der Waals surface area contributed by atoms with Gasteiger partial charge < -0.3 is 15.3 Å². The zero-order valence-electron chi connectivity index (χ0n) is 22.2. The van der Waals surface area contributed by atoms with Crippen molar-refractivity contribution in [3.63, 3.8) is 0 Å². The minimum atomic E-state index is -1.41. The molecule has 214 valence electrons. The van der Waals surface area contributed by atoms with Crippen LogP contribution in [0.5, 0.6) is 0 Å². The maximum Gasteiger partial charge on any atom is 0.261 e. The molecule has 4 atom stereocenters. The van der Waals surface area contributed by atoms with E-state index in [1.807, 2.05) is 0 Å². The lowest BCUT2D eigenvalue weighted by atomic mass is 9.71. The van der Waals surface area contributed by atoms with E-state index in [1.54, 1.807) is 32.0 Å². The first-order chi connectivity index (χ1) is 19.5. The van der Waals surface area contributed by atoms with Crippen LogP contribution in [0.3, 0.4) is 0 Å². The van der Waals surface area contributed by atoms with Crippen LogP contribution in [0, 0.1) is 17.6 Å². The second kappa shape index (κ2) is 9.99. The van der Waals surface area contributed by atoms with Crippen molar-refractivity contribution in [3.05, 3.63) is 81.6 Å². The molecule has 0 unspecified atom stereocenters. The highest BCUT2D eigenvalue weighted by Crippen LogP contribution is 2.45. The maximum absolute atomic E-state index is 16.4. The number of aliphatic hydroxyl groups excluding tert-OH is 1. The Morgan fingerprint density at radius 3 is 2.54 bits per heavy atom.